The van der Waals surface area contributed by atoms with Gasteiger partial charge in [-0.1, -0.05) is 36.4 Å². The Balaban J connectivity index is 0.00000225. The summed E-state index contributed by atoms with van der Waals surface area (Å²) in [5.74, 6) is 0.824. The standard InChI is InChI=1S/C20H24N2O2.ClH/c1-21-18-10-12-22(13-11-18)20(23)17-8-5-9-19(14-17)24-15-16-6-3-2-4-7-16;/h2-9,14,18,21H,10-13,15H2,1H3;1H. The number of carbonyl (C=O) groups excluding carboxylic acids is 1. The summed E-state index contributed by atoms with van der Waals surface area (Å²) < 4.78 is 5.82. The molecule has 1 N–H and O–H groups in total. The number of rotatable bonds is 5. The van der Waals surface area contributed by atoms with E-state index in [0.717, 1.165) is 37.2 Å². The van der Waals surface area contributed by atoms with Crippen LogP contribution in [0.15, 0.2) is 54.6 Å². The number of ether oxygens (including phenoxy) is 1. The maximum absolute atomic E-state index is 12.7. The van der Waals surface area contributed by atoms with Crippen molar-refractivity contribution in [3.63, 3.8) is 0 Å². The van der Waals surface area contributed by atoms with Crippen molar-refractivity contribution in [3.05, 3.63) is 65.7 Å². The highest BCUT2D eigenvalue weighted by atomic mass is 35.5. The third kappa shape index (κ3) is 5.21. The van der Waals surface area contributed by atoms with Gasteiger partial charge in [0, 0.05) is 24.7 Å². The van der Waals surface area contributed by atoms with Crippen molar-refractivity contribution >= 4 is 18.3 Å². The molecule has 0 aromatic heterocycles. The van der Waals surface area contributed by atoms with Crippen LogP contribution in [0.5, 0.6) is 5.75 Å². The zero-order valence-electron chi connectivity index (χ0n) is 14.5. The van der Waals surface area contributed by atoms with Crippen molar-refractivity contribution in [3.8, 4) is 5.75 Å². The van der Waals surface area contributed by atoms with Crippen LogP contribution in [-0.4, -0.2) is 37.0 Å². The number of carbonyl (C=O) groups is 1. The predicted octanol–water partition coefficient (Wildman–Crippen LogP) is 3.51. The smallest absolute Gasteiger partial charge is 0.253 e. The van der Waals surface area contributed by atoms with E-state index in [9.17, 15) is 4.79 Å². The van der Waals surface area contributed by atoms with E-state index in [2.05, 4.69) is 5.32 Å². The van der Waals surface area contributed by atoms with Crippen LogP contribution in [-0.2, 0) is 6.61 Å². The van der Waals surface area contributed by atoms with Crippen LogP contribution >= 0.6 is 12.4 Å². The van der Waals surface area contributed by atoms with Crippen molar-refractivity contribution in [2.24, 2.45) is 0 Å². The van der Waals surface area contributed by atoms with Crippen LogP contribution in [0.3, 0.4) is 0 Å². The Bertz CT molecular complexity index is 670. The quantitative estimate of drug-likeness (QED) is 0.887. The van der Waals surface area contributed by atoms with Crippen LogP contribution in [0.2, 0.25) is 0 Å². The third-order valence-corrected chi connectivity index (χ3v) is 4.52. The molecule has 1 aliphatic rings. The van der Waals surface area contributed by atoms with Gasteiger partial charge < -0.3 is 15.0 Å². The fourth-order valence-corrected chi connectivity index (χ4v) is 3.01. The van der Waals surface area contributed by atoms with Crippen LogP contribution in [0.1, 0.15) is 28.8 Å². The molecule has 134 valence electrons. The van der Waals surface area contributed by atoms with Gasteiger partial charge in [0.25, 0.3) is 5.91 Å². The van der Waals surface area contributed by atoms with Gasteiger partial charge in [0.15, 0.2) is 0 Å². The molecule has 1 heterocycles. The average Bonchev–Trinajstić information content (AvgIpc) is 2.67. The molecule has 25 heavy (non-hydrogen) atoms. The number of hydrogen-bond acceptors (Lipinski definition) is 3. The summed E-state index contributed by atoms with van der Waals surface area (Å²) in [5.41, 5.74) is 1.81. The molecule has 1 aliphatic heterocycles. The highest BCUT2D eigenvalue weighted by Gasteiger charge is 2.22. The second kappa shape index (κ2) is 9.44. The molecule has 4 nitrogen and oxygen atoms in total. The fourth-order valence-electron chi connectivity index (χ4n) is 3.01. The summed E-state index contributed by atoms with van der Waals surface area (Å²) in [4.78, 5) is 14.6. The number of amides is 1. The van der Waals surface area contributed by atoms with E-state index in [-0.39, 0.29) is 18.3 Å². The molecular formula is C20H25ClN2O2. The zero-order chi connectivity index (χ0) is 16.8. The Hall–Kier alpha value is -2.04. The van der Waals surface area contributed by atoms with Crippen LogP contribution in [0, 0.1) is 0 Å². The summed E-state index contributed by atoms with van der Waals surface area (Å²) in [7, 11) is 1.98. The number of nitrogens with one attached hydrogen (secondary N) is 1. The predicted molar refractivity (Wildman–Crippen MR) is 102 cm³/mol. The van der Waals surface area contributed by atoms with Gasteiger partial charge in [0.2, 0.25) is 0 Å². The van der Waals surface area contributed by atoms with E-state index in [4.69, 9.17) is 4.74 Å². The van der Waals surface area contributed by atoms with Crippen molar-refractivity contribution in [2.45, 2.75) is 25.5 Å². The second-order valence-electron chi connectivity index (χ2n) is 6.16. The molecule has 5 heteroatoms. The molecule has 2 aromatic carbocycles. The van der Waals surface area contributed by atoms with Gasteiger partial charge in [-0.05, 0) is 43.7 Å². The monoisotopic (exact) mass is 360 g/mol. The van der Waals surface area contributed by atoms with Gasteiger partial charge in [-0.3, -0.25) is 4.79 Å². The second-order valence-corrected chi connectivity index (χ2v) is 6.16. The molecule has 3 rings (SSSR count). The van der Waals surface area contributed by atoms with Crippen molar-refractivity contribution in [2.75, 3.05) is 20.1 Å². The highest BCUT2D eigenvalue weighted by Crippen LogP contribution is 2.19. The first-order valence-electron chi connectivity index (χ1n) is 8.49. The Kier molecular flexibility index (Phi) is 7.29. The zero-order valence-corrected chi connectivity index (χ0v) is 15.3. The minimum atomic E-state index is 0. The summed E-state index contributed by atoms with van der Waals surface area (Å²) in [6.45, 7) is 2.12. The maximum atomic E-state index is 12.7. The summed E-state index contributed by atoms with van der Waals surface area (Å²) in [6, 6.07) is 18.0. The molecular weight excluding hydrogens is 336 g/mol. The van der Waals surface area contributed by atoms with E-state index in [1.54, 1.807) is 0 Å². The lowest BCUT2D eigenvalue weighted by atomic mass is 10.0. The number of hydrogen-bond donors (Lipinski definition) is 1. The normalized spacial score (nSPS) is 14.7. The first kappa shape index (κ1) is 19.3. The molecule has 1 amide bonds. The minimum absolute atomic E-state index is 0. The number of nitrogens with zero attached hydrogens (tertiary/aromatic N) is 1. The van der Waals surface area contributed by atoms with E-state index in [1.807, 2.05) is 66.5 Å². The van der Waals surface area contributed by atoms with E-state index in [1.165, 1.54) is 0 Å². The Labute approximate surface area is 155 Å². The maximum Gasteiger partial charge on any atom is 0.253 e. The summed E-state index contributed by atoms with van der Waals surface area (Å²) in [6.07, 6.45) is 2.01. The Morgan fingerprint density at radius 3 is 2.52 bits per heavy atom. The Morgan fingerprint density at radius 1 is 1.12 bits per heavy atom. The number of piperidine rings is 1. The fraction of sp³-hybridized carbons (Fsp3) is 0.350. The lowest BCUT2D eigenvalue weighted by Gasteiger charge is -2.31. The molecule has 0 radical (unpaired) electrons. The highest BCUT2D eigenvalue weighted by molar-refractivity contribution is 5.94. The minimum Gasteiger partial charge on any atom is -0.489 e. The number of benzene rings is 2. The largest absolute Gasteiger partial charge is 0.489 e. The van der Waals surface area contributed by atoms with E-state index in [0.29, 0.717) is 18.2 Å². The van der Waals surface area contributed by atoms with Crippen LogP contribution in [0.4, 0.5) is 0 Å². The third-order valence-electron chi connectivity index (χ3n) is 4.52. The first-order valence-corrected chi connectivity index (χ1v) is 8.49. The topological polar surface area (TPSA) is 41.6 Å². The van der Waals surface area contributed by atoms with Gasteiger partial charge in [-0.15, -0.1) is 12.4 Å². The van der Waals surface area contributed by atoms with Crippen molar-refractivity contribution in [1.82, 2.24) is 10.2 Å². The van der Waals surface area contributed by atoms with E-state index >= 15 is 0 Å². The molecule has 1 fully saturated rings. The summed E-state index contributed by atoms with van der Waals surface area (Å²) in [5, 5.41) is 3.29. The molecule has 0 unspecified atom stereocenters. The SMILES string of the molecule is CNC1CCN(C(=O)c2cccc(OCc3ccccc3)c2)CC1.Cl. The molecule has 1 saturated heterocycles. The van der Waals surface area contributed by atoms with Gasteiger partial charge in [0.1, 0.15) is 12.4 Å². The molecule has 0 bridgehead atoms. The van der Waals surface area contributed by atoms with Gasteiger partial charge in [-0.25, -0.2) is 0 Å². The first-order chi connectivity index (χ1) is 11.8. The molecule has 0 aliphatic carbocycles. The molecule has 0 saturated carbocycles. The Morgan fingerprint density at radius 2 is 1.84 bits per heavy atom. The number of halogens is 1. The van der Waals surface area contributed by atoms with Crippen molar-refractivity contribution < 1.29 is 9.53 Å². The molecule has 0 spiro atoms. The van der Waals surface area contributed by atoms with Gasteiger partial charge in [0.05, 0.1) is 0 Å². The van der Waals surface area contributed by atoms with Gasteiger partial charge in [-0.2, -0.15) is 0 Å². The van der Waals surface area contributed by atoms with Crippen LogP contribution in [0.25, 0.3) is 0 Å². The average molecular weight is 361 g/mol. The number of likely N-dealkylation sites (tertiary alicyclic amines) is 1. The molecule has 2 aromatic rings. The van der Waals surface area contributed by atoms with E-state index < -0.39 is 0 Å². The molecule has 0 atom stereocenters. The lowest BCUT2D eigenvalue weighted by Crippen LogP contribution is -2.43. The van der Waals surface area contributed by atoms with Gasteiger partial charge >= 0.3 is 0 Å². The lowest BCUT2D eigenvalue weighted by molar-refractivity contribution is 0.0707. The summed E-state index contributed by atoms with van der Waals surface area (Å²) >= 11 is 0. The van der Waals surface area contributed by atoms with Crippen LogP contribution < -0.4 is 10.1 Å². The van der Waals surface area contributed by atoms with Crippen molar-refractivity contribution in [1.29, 1.82) is 0 Å².